The van der Waals surface area contributed by atoms with Crippen LogP contribution in [0, 0.1) is 5.92 Å². The van der Waals surface area contributed by atoms with E-state index in [2.05, 4.69) is 12.7 Å². The van der Waals surface area contributed by atoms with E-state index in [4.69, 9.17) is 9.47 Å². The third-order valence-electron chi connectivity index (χ3n) is 5.00. The van der Waals surface area contributed by atoms with Gasteiger partial charge in [-0.15, -0.1) is 0 Å². The quantitative estimate of drug-likeness (QED) is 0.429. The summed E-state index contributed by atoms with van der Waals surface area (Å²) >= 11 is 0. The maximum absolute atomic E-state index is 12.0. The maximum Gasteiger partial charge on any atom is 0.334 e. The van der Waals surface area contributed by atoms with Gasteiger partial charge in [0.2, 0.25) is 0 Å². The summed E-state index contributed by atoms with van der Waals surface area (Å²) in [6, 6.07) is 0. The smallest absolute Gasteiger partial charge is 0.334 e. The number of allylic oxidation sites excluding steroid dienone is 2. The van der Waals surface area contributed by atoms with Gasteiger partial charge in [0.05, 0.1) is 12.0 Å². The Morgan fingerprint density at radius 3 is 2.56 bits per heavy atom. The normalized spacial score (nSPS) is 30.3. The molecule has 0 aromatic rings. The van der Waals surface area contributed by atoms with Crippen LogP contribution in [0.2, 0.25) is 0 Å². The zero-order chi connectivity index (χ0) is 20.1. The van der Waals surface area contributed by atoms with Gasteiger partial charge in [0.25, 0.3) is 0 Å². The molecule has 1 heterocycles. The Hall–Kier alpha value is -2.14. The van der Waals surface area contributed by atoms with Crippen molar-refractivity contribution < 1.29 is 24.2 Å². The minimum absolute atomic E-state index is 0.309. The molecule has 1 aliphatic carbocycles. The molecular weight excluding hydrogens is 344 g/mol. The highest BCUT2D eigenvalue weighted by atomic mass is 16.6. The summed E-state index contributed by atoms with van der Waals surface area (Å²) in [7, 11) is 0. The van der Waals surface area contributed by atoms with Gasteiger partial charge in [-0.25, -0.2) is 4.79 Å². The molecule has 0 radical (unpaired) electrons. The zero-order valence-corrected chi connectivity index (χ0v) is 16.7. The molecular formula is C22H30O5. The zero-order valence-electron chi connectivity index (χ0n) is 16.7. The Labute approximate surface area is 161 Å². The van der Waals surface area contributed by atoms with E-state index in [1.807, 2.05) is 32.9 Å². The van der Waals surface area contributed by atoms with Gasteiger partial charge in [0.1, 0.15) is 12.2 Å². The number of aliphatic hydroxyl groups is 1. The van der Waals surface area contributed by atoms with Crippen molar-refractivity contribution in [3.8, 4) is 0 Å². The number of ether oxygens (including phenoxy) is 2. The maximum atomic E-state index is 12.0. The van der Waals surface area contributed by atoms with E-state index >= 15 is 0 Å². The Morgan fingerprint density at radius 1 is 1.19 bits per heavy atom. The highest BCUT2D eigenvalue weighted by molar-refractivity contribution is 5.91. The van der Waals surface area contributed by atoms with Crippen LogP contribution >= 0.6 is 0 Å². The predicted octanol–water partition coefficient (Wildman–Crippen LogP) is 3.79. The number of carbonyl (C=O) groups excluding carboxylic acids is 2. The second kappa shape index (κ2) is 9.18. The van der Waals surface area contributed by atoms with Crippen molar-refractivity contribution in [2.75, 3.05) is 0 Å². The van der Waals surface area contributed by atoms with E-state index in [0.717, 1.165) is 29.6 Å². The van der Waals surface area contributed by atoms with E-state index in [-0.39, 0.29) is 12.1 Å². The standard InChI is InChI=1S/C22H30O5/c1-13-7-6-8-14(2)12-20-21(16(4)22(25)27-20)19(24)11-15(3)10-18(9-13)26-17(5)23/h7,10,12,18-21,24H,4,6,8-9,11H2,1-3,5H3. The van der Waals surface area contributed by atoms with Crippen molar-refractivity contribution >= 4 is 11.9 Å². The summed E-state index contributed by atoms with van der Waals surface area (Å²) in [5, 5.41) is 10.8. The van der Waals surface area contributed by atoms with Crippen LogP contribution in [-0.2, 0) is 19.1 Å². The van der Waals surface area contributed by atoms with Crippen molar-refractivity contribution in [1.82, 2.24) is 0 Å². The van der Waals surface area contributed by atoms with E-state index in [1.54, 1.807) is 0 Å². The summed E-state index contributed by atoms with van der Waals surface area (Å²) in [5.41, 5.74) is 3.45. The molecule has 1 aliphatic heterocycles. The SMILES string of the molecule is C=C1C(=O)OC2C=C(C)CCC=C(C)CC(OC(C)=O)C=C(C)CC(O)C12. The van der Waals surface area contributed by atoms with Crippen molar-refractivity contribution in [3.63, 3.8) is 0 Å². The van der Waals surface area contributed by atoms with Gasteiger partial charge in [0, 0.05) is 18.9 Å². The van der Waals surface area contributed by atoms with Crippen LogP contribution in [0.4, 0.5) is 0 Å². The number of hydrogen-bond acceptors (Lipinski definition) is 5. The average Bonchev–Trinajstić information content (AvgIpc) is 2.79. The second-order valence-electron chi connectivity index (χ2n) is 7.66. The first-order valence-corrected chi connectivity index (χ1v) is 9.42. The lowest BCUT2D eigenvalue weighted by Crippen LogP contribution is -2.29. The fourth-order valence-corrected chi connectivity index (χ4v) is 3.70. The average molecular weight is 374 g/mol. The molecule has 148 valence electrons. The van der Waals surface area contributed by atoms with Crippen LogP contribution in [0.1, 0.15) is 53.4 Å². The van der Waals surface area contributed by atoms with Crippen molar-refractivity contribution in [3.05, 3.63) is 47.1 Å². The summed E-state index contributed by atoms with van der Waals surface area (Å²) in [6.45, 7) is 11.1. The molecule has 1 N–H and O–H groups in total. The largest absolute Gasteiger partial charge is 0.458 e. The molecule has 4 atom stereocenters. The lowest BCUT2D eigenvalue weighted by molar-refractivity contribution is -0.144. The van der Waals surface area contributed by atoms with Crippen LogP contribution in [0.3, 0.4) is 0 Å². The molecule has 5 heteroatoms. The Kier molecular flexibility index (Phi) is 7.19. The molecule has 0 amide bonds. The summed E-state index contributed by atoms with van der Waals surface area (Å²) in [4.78, 5) is 23.4. The van der Waals surface area contributed by atoms with Gasteiger partial charge in [-0.05, 0) is 52.2 Å². The monoisotopic (exact) mass is 374 g/mol. The molecule has 0 saturated carbocycles. The number of rotatable bonds is 1. The molecule has 1 fully saturated rings. The second-order valence-corrected chi connectivity index (χ2v) is 7.66. The topological polar surface area (TPSA) is 72.8 Å². The minimum Gasteiger partial charge on any atom is -0.458 e. The van der Waals surface area contributed by atoms with Crippen LogP contribution in [-0.4, -0.2) is 35.4 Å². The molecule has 1 saturated heterocycles. The van der Waals surface area contributed by atoms with Crippen LogP contribution in [0.25, 0.3) is 0 Å². The Bertz CT molecular complexity index is 697. The Morgan fingerprint density at radius 2 is 1.89 bits per heavy atom. The molecule has 27 heavy (non-hydrogen) atoms. The van der Waals surface area contributed by atoms with Crippen molar-refractivity contribution in [2.45, 2.75) is 71.7 Å². The molecule has 0 bridgehead atoms. The van der Waals surface area contributed by atoms with Crippen LogP contribution < -0.4 is 0 Å². The van der Waals surface area contributed by atoms with Gasteiger partial charge in [0.15, 0.2) is 0 Å². The van der Waals surface area contributed by atoms with E-state index in [1.165, 1.54) is 6.92 Å². The molecule has 5 nitrogen and oxygen atoms in total. The number of carbonyl (C=O) groups is 2. The first kappa shape index (κ1) is 21.2. The summed E-state index contributed by atoms with van der Waals surface area (Å²) in [6.07, 6.45) is 6.94. The van der Waals surface area contributed by atoms with E-state index in [9.17, 15) is 14.7 Å². The third kappa shape index (κ3) is 5.93. The molecule has 2 aliphatic rings. The van der Waals surface area contributed by atoms with Gasteiger partial charge in [-0.3, -0.25) is 4.79 Å². The van der Waals surface area contributed by atoms with Gasteiger partial charge >= 0.3 is 11.9 Å². The fourth-order valence-electron chi connectivity index (χ4n) is 3.70. The summed E-state index contributed by atoms with van der Waals surface area (Å²) in [5.74, 6) is -1.25. The van der Waals surface area contributed by atoms with Gasteiger partial charge in [-0.1, -0.05) is 29.4 Å². The fraction of sp³-hybridized carbons (Fsp3) is 0.545. The highest BCUT2D eigenvalue weighted by Crippen LogP contribution is 2.34. The Balaban J connectivity index is 2.35. The third-order valence-corrected chi connectivity index (χ3v) is 5.00. The molecule has 2 rings (SSSR count). The lowest BCUT2D eigenvalue weighted by Gasteiger charge is -2.23. The number of fused-ring (bicyclic) bond motifs is 1. The van der Waals surface area contributed by atoms with E-state index < -0.39 is 24.1 Å². The first-order valence-electron chi connectivity index (χ1n) is 9.42. The number of aliphatic hydroxyl groups excluding tert-OH is 1. The predicted molar refractivity (Wildman–Crippen MR) is 104 cm³/mol. The van der Waals surface area contributed by atoms with Crippen molar-refractivity contribution in [2.24, 2.45) is 5.92 Å². The van der Waals surface area contributed by atoms with Crippen LogP contribution in [0.5, 0.6) is 0 Å². The molecule has 0 aromatic heterocycles. The van der Waals surface area contributed by atoms with E-state index in [0.29, 0.717) is 18.4 Å². The summed E-state index contributed by atoms with van der Waals surface area (Å²) < 4.78 is 10.9. The highest BCUT2D eigenvalue weighted by Gasteiger charge is 2.41. The number of esters is 2. The van der Waals surface area contributed by atoms with Gasteiger partial charge in [-0.2, -0.15) is 0 Å². The first-order chi connectivity index (χ1) is 12.7. The van der Waals surface area contributed by atoms with Gasteiger partial charge < -0.3 is 14.6 Å². The molecule has 0 spiro atoms. The molecule has 4 unspecified atom stereocenters. The van der Waals surface area contributed by atoms with Crippen molar-refractivity contribution in [1.29, 1.82) is 0 Å². The van der Waals surface area contributed by atoms with Crippen LogP contribution in [0.15, 0.2) is 47.1 Å². The molecule has 0 aromatic carbocycles. The number of hydrogen-bond donors (Lipinski definition) is 1. The minimum atomic E-state index is -0.799. The lowest BCUT2D eigenvalue weighted by atomic mass is 9.86.